The molecule has 0 radical (unpaired) electrons. The van der Waals surface area contributed by atoms with E-state index in [0.717, 1.165) is 10.5 Å². The first-order chi connectivity index (χ1) is 17.8. The van der Waals surface area contributed by atoms with Gasteiger partial charge in [0, 0.05) is 10.6 Å². The van der Waals surface area contributed by atoms with Crippen molar-refractivity contribution in [2.75, 3.05) is 18.6 Å². The van der Waals surface area contributed by atoms with Crippen LogP contribution in [0, 0.1) is 0 Å². The minimum atomic E-state index is -0.852. The van der Waals surface area contributed by atoms with Crippen LogP contribution in [0.1, 0.15) is 18.1 Å². The van der Waals surface area contributed by atoms with Crippen molar-refractivity contribution >= 4 is 52.8 Å². The zero-order valence-corrected chi connectivity index (χ0v) is 21.4. The Bertz CT molecular complexity index is 1390. The minimum absolute atomic E-state index is 0.149. The Balaban J connectivity index is 1.62. The van der Waals surface area contributed by atoms with Gasteiger partial charge in [0.2, 0.25) is 0 Å². The van der Waals surface area contributed by atoms with E-state index in [-0.39, 0.29) is 34.4 Å². The molecule has 0 unspecified atom stereocenters. The summed E-state index contributed by atoms with van der Waals surface area (Å²) in [6, 6.07) is 15.8. The number of nitrogens with one attached hydrogen (secondary N) is 1. The van der Waals surface area contributed by atoms with Crippen LogP contribution in [0.25, 0.3) is 6.08 Å². The molecule has 1 aliphatic heterocycles. The van der Waals surface area contributed by atoms with Crippen molar-refractivity contribution in [3.05, 3.63) is 87.4 Å². The number of urea groups is 1. The van der Waals surface area contributed by atoms with Crippen molar-refractivity contribution in [2.24, 2.45) is 0 Å². The monoisotopic (exact) mass is 540 g/mol. The second-order valence-electron chi connectivity index (χ2n) is 7.80. The van der Waals surface area contributed by atoms with E-state index in [2.05, 4.69) is 5.32 Å². The van der Waals surface area contributed by atoms with Gasteiger partial charge in [-0.15, -0.1) is 0 Å². The third-order valence-corrected chi connectivity index (χ3v) is 6.05. The lowest BCUT2D eigenvalue weighted by Gasteiger charge is -2.26. The Morgan fingerprint density at radius 1 is 0.946 bits per heavy atom. The van der Waals surface area contributed by atoms with Gasteiger partial charge in [0.15, 0.2) is 11.5 Å². The highest BCUT2D eigenvalue weighted by Crippen LogP contribution is 2.38. The fourth-order valence-electron chi connectivity index (χ4n) is 3.65. The van der Waals surface area contributed by atoms with E-state index in [1.54, 1.807) is 36.4 Å². The number of benzene rings is 3. The molecule has 3 aromatic rings. The fourth-order valence-corrected chi connectivity index (χ4v) is 4.11. The van der Waals surface area contributed by atoms with E-state index in [1.165, 1.54) is 19.3 Å². The molecule has 0 atom stereocenters. The van der Waals surface area contributed by atoms with Gasteiger partial charge in [0.1, 0.15) is 17.9 Å². The number of imide groups is 2. The number of barbiturate groups is 1. The van der Waals surface area contributed by atoms with Gasteiger partial charge in [-0.25, -0.2) is 9.69 Å². The summed E-state index contributed by atoms with van der Waals surface area (Å²) in [4.78, 5) is 39.1. The molecule has 0 aliphatic carbocycles. The first-order valence-corrected chi connectivity index (χ1v) is 12.0. The van der Waals surface area contributed by atoms with Gasteiger partial charge >= 0.3 is 6.03 Å². The van der Waals surface area contributed by atoms with E-state index >= 15 is 0 Å². The smallest absolute Gasteiger partial charge is 0.335 e. The van der Waals surface area contributed by atoms with Crippen molar-refractivity contribution in [3.8, 4) is 17.2 Å². The SMILES string of the molecule is CCOc1ccc(N2C(=O)NC(=O)/C(=C\c3cc(Cl)c(OCc4ccccc4Cl)c(OC)c3)C2=O)cc1. The molecule has 0 bridgehead atoms. The van der Waals surface area contributed by atoms with Crippen LogP contribution in [0.15, 0.2) is 66.2 Å². The number of halogens is 2. The topological polar surface area (TPSA) is 94.2 Å². The highest BCUT2D eigenvalue weighted by molar-refractivity contribution is 6.39. The Hall–Kier alpha value is -4.01. The molecule has 10 heteroatoms. The van der Waals surface area contributed by atoms with E-state index in [9.17, 15) is 14.4 Å². The van der Waals surface area contributed by atoms with Gasteiger partial charge in [-0.3, -0.25) is 14.9 Å². The van der Waals surface area contributed by atoms with E-state index in [1.807, 2.05) is 25.1 Å². The number of anilines is 1. The van der Waals surface area contributed by atoms with Crippen LogP contribution in [0.2, 0.25) is 10.0 Å². The van der Waals surface area contributed by atoms with Gasteiger partial charge in [0.25, 0.3) is 11.8 Å². The molecule has 3 aromatic carbocycles. The molecule has 1 heterocycles. The summed E-state index contributed by atoms with van der Waals surface area (Å²) in [6.07, 6.45) is 1.33. The maximum atomic E-state index is 13.2. The van der Waals surface area contributed by atoms with E-state index in [4.69, 9.17) is 37.4 Å². The fraction of sp³-hybridized carbons (Fsp3) is 0.148. The summed E-state index contributed by atoms with van der Waals surface area (Å²) < 4.78 is 16.7. The number of nitrogens with zero attached hydrogens (tertiary/aromatic N) is 1. The first kappa shape index (κ1) is 26.1. The van der Waals surface area contributed by atoms with Crippen LogP contribution in [-0.4, -0.2) is 31.6 Å². The second kappa shape index (κ2) is 11.4. The lowest BCUT2D eigenvalue weighted by molar-refractivity contribution is -0.122. The van der Waals surface area contributed by atoms with Crippen LogP contribution in [0.4, 0.5) is 10.5 Å². The molecule has 0 saturated carbocycles. The van der Waals surface area contributed by atoms with Crippen molar-refractivity contribution < 1.29 is 28.6 Å². The summed E-state index contributed by atoms with van der Waals surface area (Å²) >= 11 is 12.7. The van der Waals surface area contributed by atoms with Gasteiger partial charge < -0.3 is 14.2 Å². The predicted octanol–water partition coefficient (Wildman–Crippen LogP) is 5.65. The maximum Gasteiger partial charge on any atom is 0.335 e. The zero-order chi connectivity index (χ0) is 26.5. The van der Waals surface area contributed by atoms with Crippen molar-refractivity contribution in [3.63, 3.8) is 0 Å². The average molecular weight is 541 g/mol. The Kier molecular flexibility index (Phi) is 8.01. The third-order valence-electron chi connectivity index (χ3n) is 5.40. The maximum absolute atomic E-state index is 13.2. The van der Waals surface area contributed by atoms with Gasteiger partial charge in [0.05, 0.1) is 24.4 Å². The molecule has 1 saturated heterocycles. The van der Waals surface area contributed by atoms with E-state index in [0.29, 0.717) is 22.9 Å². The van der Waals surface area contributed by atoms with Gasteiger partial charge in [-0.1, -0.05) is 41.4 Å². The van der Waals surface area contributed by atoms with Crippen LogP contribution >= 0.6 is 23.2 Å². The molecule has 4 amide bonds. The van der Waals surface area contributed by atoms with Gasteiger partial charge in [-0.05, 0) is 61.0 Å². The van der Waals surface area contributed by atoms with Crippen LogP contribution in [-0.2, 0) is 16.2 Å². The summed E-state index contributed by atoms with van der Waals surface area (Å²) in [5, 5.41) is 2.94. The number of amides is 4. The van der Waals surface area contributed by atoms with Crippen LogP contribution in [0.3, 0.4) is 0 Å². The van der Waals surface area contributed by atoms with Crippen molar-refractivity contribution in [2.45, 2.75) is 13.5 Å². The molecule has 8 nitrogen and oxygen atoms in total. The highest BCUT2D eigenvalue weighted by atomic mass is 35.5. The molecule has 0 spiro atoms. The Morgan fingerprint density at radius 2 is 1.68 bits per heavy atom. The normalized spacial score (nSPS) is 14.5. The minimum Gasteiger partial charge on any atom is -0.494 e. The number of ether oxygens (including phenoxy) is 3. The molecular weight excluding hydrogens is 519 g/mol. The molecule has 4 rings (SSSR count). The molecule has 190 valence electrons. The molecule has 0 aromatic heterocycles. The largest absolute Gasteiger partial charge is 0.494 e. The molecule has 37 heavy (non-hydrogen) atoms. The summed E-state index contributed by atoms with van der Waals surface area (Å²) in [7, 11) is 1.44. The lowest BCUT2D eigenvalue weighted by Crippen LogP contribution is -2.54. The zero-order valence-electron chi connectivity index (χ0n) is 19.9. The van der Waals surface area contributed by atoms with Gasteiger partial charge in [-0.2, -0.15) is 0 Å². The quantitative estimate of drug-likeness (QED) is 0.293. The molecule has 1 fully saturated rings. The Labute approximate surface area is 223 Å². The predicted molar refractivity (Wildman–Crippen MR) is 140 cm³/mol. The van der Waals surface area contributed by atoms with Crippen molar-refractivity contribution in [1.82, 2.24) is 5.32 Å². The van der Waals surface area contributed by atoms with Crippen LogP contribution < -0.4 is 24.4 Å². The number of hydrogen-bond acceptors (Lipinski definition) is 6. The summed E-state index contributed by atoms with van der Waals surface area (Å²) in [6.45, 7) is 2.47. The van der Waals surface area contributed by atoms with Crippen LogP contribution in [0.5, 0.6) is 17.2 Å². The number of hydrogen-bond donors (Lipinski definition) is 1. The molecule has 1 N–H and O–H groups in total. The van der Waals surface area contributed by atoms with Crippen molar-refractivity contribution in [1.29, 1.82) is 0 Å². The second-order valence-corrected chi connectivity index (χ2v) is 8.61. The first-order valence-electron chi connectivity index (χ1n) is 11.2. The Morgan fingerprint density at radius 3 is 2.35 bits per heavy atom. The number of methoxy groups -OCH3 is 1. The summed E-state index contributed by atoms with van der Waals surface area (Å²) in [5.41, 5.74) is 1.18. The average Bonchev–Trinajstić information content (AvgIpc) is 2.87. The standard InChI is InChI=1S/C27H22Cl2N2O6/c1-3-36-19-10-8-18(9-11-19)31-26(33)20(25(32)30-27(31)34)12-16-13-22(29)24(23(14-16)35-2)37-15-17-6-4-5-7-21(17)28/h4-14H,3,15H2,1-2H3,(H,30,32,34)/b20-12+. The molecule has 1 aliphatic rings. The summed E-state index contributed by atoms with van der Waals surface area (Å²) in [5.74, 6) is -0.466. The number of carbonyl (C=O) groups is 3. The highest BCUT2D eigenvalue weighted by Gasteiger charge is 2.37. The lowest BCUT2D eigenvalue weighted by atomic mass is 10.1. The van der Waals surface area contributed by atoms with E-state index < -0.39 is 17.8 Å². The number of carbonyl (C=O) groups excluding carboxylic acids is 3. The molecular formula is C27H22Cl2N2O6. The third kappa shape index (κ3) is 5.71. The number of rotatable bonds is 8.